The van der Waals surface area contributed by atoms with E-state index in [1.165, 1.54) is 24.2 Å². The van der Waals surface area contributed by atoms with E-state index < -0.39 is 8.32 Å². The highest BCUT2D eigenvalue weighted by Crippen LogP contribution is 2.36. The second kappa shape index (κ2) is 7.22. The Morgan fingerprint density at radius 3 is 2.71 bits per heavy atom. The largest absolute Gasteiger partial charge is 0.548 e. The molecule has 1 unspecified atom stereocenters. The summed E-state index contributed by atoms with van der Waals surface area (Å²) in [6.07, 6.45) is 9.41. The summed E-state index contributed by atoms with van der Waals surface area (Å²) in [5.74, 6) is 1.59. The van der Waals surface area contributed by atoms with Crippen LogP contribution >= 0.6 is 0 Å². The molecule has 1 aliphatic rings. The number of para-hydroxylation sites is 1. The van der Waals surface area contributed by atoms with Gasteiger partial charge in [-0.25, -0.2) is 0 Å². The summed E-state index contributed by atoms with van der Waals surface area (Å²) in [6.45, 7) is 6.74. The molecule has 1 aromatic heterocycles. The number of nitrogens with one attached hydrogen (secondary N) is 1. The van der Waals surface area contributed by atoms with Crippen LogP contribution < -0.4 is 5.32 Å². The highest BCUT2D eigenvalue weighted by Gasteiger charge is 2.23. The van der Waals surface area contributed by atoms with Crippen molar-refractivity contribution in [2.45, 2.75) is 44.8 Å². The van der Waals surface area contributed by atoms with Crippen molar-refractivity contribution in [3.05, 3.63) is 66.2 Å². The number of pyridine rings is 1. The first-order chi connectivity index (χ1) is 11.5. The van der Waals surface area contributed by atoms with Crippen LogP contribution in [-0.4, -0.2) is 13.3 Å². The first-order valence-electron chi connectivity index (χ1n) is 8.67. The third kappa shape index (κ3) is 4.48. The second-order valence-electron chi connectivity index (χ2n) is 7.30. The van der Waals surface area contributed by atoms with Crippen LogP contribution in [0.1, 0.15) is 30.7 Å². The molecule has 3 nitrogen and oxygen atoms in total. The molecule has 3 rings (SSSR count). The molecular formula is C20H26N2OSi. The fourth-order valence-corrected chi connectivity index (χ4v) is 4.09. The van der Waals surface area contributed by atoms with Crippen LogP contribution in [0, 0.1) is 0 Å². The molecule has 0 fully saturated rings. The average Bonchev–Trinajstić information content (AvgIpc) is 2.55. The average molecular weight is 339 g/mol. The maximum atomic E-state index is 6.26. The van der Waals surface area contributed by atoms with Gasteiger partial charge in [-0.3, -0.25) is 4.98 Å². The van der Waals surface area contributed by atoms with E-state index in [-0.39, 0.29) is 0 Å². The van der Waals surface area contributed by atoms with Gasteiger partial charge in [0.25, 0.3) is 0 Å². The lowest BCUT2D eigenvalue weighted by atomic mass is 9.87. The van der Waals surface area contributed by atoms with Crippen molar-refractivity contribution in [1.82, 2.24) is 4.98 Å². The summed E-state index contributed by atoms with van der Waals surface area (Å²) in [6, 6.07) is 12.5. The van der Waals surface area contributed by atoms with Gasteiger partial charge < -0.3 is 9.74 Å². The Morgan fingerprint density at radius 1 is 1.12 bits per heavy atom. The molecule has 1 aromatic carbocycles. The predicted molar refractivity (Wildman–Crippen MR) is 103 cm³/mol. The van der Waals surface area contributed by atoms with Gasteiger partial charge in [0.1, 0.15) is 0 Å². The van der Waals surface area contributed by atoms with E-state index in [0.29, 0.717) is 5.92 Å². The van der Waals surface area contributed by atoms with Gasteiger partial charge >= 0.3 is 0 Å². The standard InChI is InChI=1S/C20H26N2OSi/c1-24(2,3)23-18-10-6-8-16(14-18)19-11-4-5-12-20(19)22-17-9-7-13-21-15-17/h4-5,7,9,11-16,22H,6,8,10H2,1-3H3. The summed E-state index contributed by atoms with van der Waals surface area (Å²) in [5, 5.41) is 3.51. The first kappa shape index (κ1) is 16.8. The molecular weight excluding hydrogens is 312 g/mol. The van der Waals surface area contributed by atoms with Gasteiger partial charge in [-0.05, 0) is 62.3 Å². The monoisotopic (exact) mass is 338 g/mol. The van der Waals surface area contributed by atoms with Gasteiger partial charge in [-0.15, -0.1) is 0 Å². The lowest BCUT2D eigenvalue weighted by Gasteiger charge is -2.28. The first-order valence-corrected chi connectivity index (χ1v) is 12.1. The fourth-order valence-electron chi connectivity index (χ4n) is 3.14. The lowest BCUT2D eigenvalue weighted by molar-refractivity contribution is 0.373. The van der Waals surface area contributed by atoms with Crippen molar-refractivity contribution in [3.63, 3.8) is 0 Å². The summed E-state index contributed by atoms with van der Waals surface area (Å²) in [4.78, 5) is 4.19. The lowest BCUT2D eigenvalue weighted by Crippen LogP contribution is -2.25. The van der Waals surface area contributed by atoms with Gasteiger partial charge in [-0.2, -0.15) is 0 Å². The van der Waals surface area contributed by atoms with E-state index in [4.69, 9.17) is 4.43 Å². The molecule has 0 aliphatic heterocycles. The Balaban J connectivity index is 1.85. The fraction of sp³-hybridized carbons (Fsp3) is 0.350. The van der Waals surface area contributed by atoms with Crippen molar-refractivity contribution in [1.29, 1.82) is 0 Å². The maximum Gasteiger partial charge on any atom is 0.241 e. The van der Waals surface area contributed by atoms with Crippen molar-refractivity contribution >= 4 is 19.7 Å². The Hall–Kier alpha value is -2.07. The van der Waals surface area contributed by atoms with E-state index in [1.807, 2.05) is 18.3 Å². The molecule has 0 radical (unpaired) electrons. The second-order valence-corrected chi connectivity index (χ2v) is 11.7. The molecule has 1 aliphatic carbocycles. The summed E-state index contributed by atoms with van der Waals surface area (Å²) in [7, 11) is -1.54. The molecule has 2 aromatic rings. The number of hydrogen-bond donors (Lipinski definition) is 1. The van der Waals surface area contributed by atoms with Crippen LogP contribution in [0.3, 0.4) is 0 Å². The molecule has 0 saturated carbocycles. The summed E-state index contributed by atoms with van der Waals surface area (Å²) < 4.78 is 6.26. The maximum absolute atomic E-state index is 6.26. The van der Waals surface area contributed by atoms with Crippen molar-refractivity contribution in [3.8, 4) is 0 Å². The zero-order valence-electron chi connectivity index (χ0n) is 14.8. The summed E-state index contributed by atoms with van der Waals surface area (Å²) >= 11 is 0. The van der Waals surface area contributed by atoms with E-state index in [0.717, 1.165) is 17.8 Å². The molecule has 126 valence electrons. The Morgan fingerprint density at radius 2 is 1.96 bits per heavy atom. The Labute approximate surface area is 145 Å². The minimum atomic E-state index is -1.54. The van der Waals surface area contributed by atoms with Crippen LogP contribution in [0.15, 0.2) is 60.6 Å². The number of nitrogens with zero attached hydrogens (tertiary/aromatic N) is 1. The van der Waals surface area contributed by atoms with Crippen LogP contribution in [0.5, 0.6) is 0 Å². The number of hydrogen-bond acceptors (Lipinski definition) is 3. The van der Waals surface area contributed by atoms with Crippen molar-refractivity contribution in [2.75, 3.05) is 5.32 Å². The number of anilines is 2. The third-order valence-electron chi connectivity index (χ3n) is 4.06. The number of aromatic nitrogens is 1. The summed E-state index contributed by atoms with van der Waals surface area (Å²) in [5.41, 5.74) is 3.50. The van der Waals surface area contributed by atoms with E-state index in [1.54, 1.807) is 6.20 Å². The van der Waals surface area contributed by atoms with E-state index in [9.17, 15) is 0 Å². The molecule has 4 heteroatoms. The van der Waals surface area contributed by atoms with Gasteiger partial charge in [0.15, 0.2) is 0 Å². The topological polar surface area (TPSA) is 34.1 Å². The molecule has 1 N–H and O–H groups in total. The number of rotatable bonds is 5. The molecule has 0 bridgehead atoms. The quantitative estimate of drug-likeness (QED) is 0.697. The van der Waals surface area contributed by atoms with Crippen LogP contribution in [-0.2, 0) is 4.43 Å². The van der Waals surface area contributed by atoms with Crippen LogP contribution in [0.4, 0.5) is 11.4 Å². The zero-order valence-corrected chi connectivity index (χ0v) is 15.8. The SMILES string of the molecule is C[Si](C)(C)OC1=CC(c2ccccc2Nc2cccnc2)CCC1. The third-order valence-corrected chi connectivity index (χ3v) is 4.94. The van der Waals surface area contributed by atoms with E-state index >= 15 is 0 Å². The Bertz CT molecular complexity index is 707. The highest BCUT2D eigenvalue weighted by molar-refractivity contribution is 6.70. The number of benzene rings is 1. The van der Waals surface area contributed by atoms with E-state index in [2.05, 4.69) is 60.3 Å². The number of allylic oxidation sites excluding steroid dienone is 2. The van der Waals surface area contributed by atoms with Crippen molar-refractivity contribution < 1.29 is 4.43 Å². The van der Waals surface area contributed by atoms with Crippen LogP contribution in [0.2, 0.25) is 19.6 Å². The van der Waals surface area contributed by atoms with Crippen LogP contribution in [0.25, 0.3) is 0 Å². The molecule has 0 amide bonds. The molecule has 0 saturated heterocycles. The molecule has 1 atom stereocenters. The van der Waals surface area contributed by atoms with Gasteiger partial charge in [0, 0.05) is 24.2 Å². The zero-order chi connectivity index (χ0) is 17.0. The van der Waals surface area contributed by atoms with Gasteiger partial charge in [-0.1, -0.05) is 18.2 Å². The minimum Gasteiger partial charge on any atom is -0.548 e. The van der Waals surface area contributed by atoms with Gasteiger partial charge in [0.05, 0.1) is 17.6 Å². The predicted octanol–water partition coefficient (Wildman–Crippen LogP) is 5.83. The van der Waals surface area contributed by atoms with Crippen molar-refractivity contribution in [2.24, 2.45) is 0 Å². The molecule has 1 heterocycles. The smallest absolute Gasteiger partial charge is 0.241 e. The minimum absolute atomic E-state index is 0.408. The highest BCUT2D eigenvalue weighted by atomic mass is 28.4. The molecule has 0 spiro atoms. The normalized spacial score (nSPS) is 18.0. The van der Waals surface area contributed by atoms with Gasteiger partial charge in [0.2, 0.25) is 8.32 Å². The Kier molecular flexibility index (Phi) is 5.05. The molecule has 24 heavy (non-hydrogen) atoms.